The second kappa shape index (κ2) is 11.4. The molecule has 0 spiro atoms. The van der Waals surface area contributed by atoms with Crippen LogP contribution < -0.4 is 18.9 Å². The normalized spacial score (nSPS) is 11.1. The van der Waals surface area contributed by atoms with Crippen LogP contribution in [-0.4, -0.2) is 12.3 Å². The van der Waals surface area contributed by atoms with Crippen LogP contribution in [0.4, 0.5) is 9.59 Å². The standard InChI is InChI=1S/C36H20Cl2O6/c37-23-15-17-27-29(19-23)34(44-36(40)42-32-14-6-10-22-8-2-4-12-26(22)32)30-20-24(38)16-18-28(30)33(27)43-35(39)41-31-13-5-9-21-7-1-3-11-25(21)31/h1-20H. The van der Waals surface area contributed by atoms with E-state index in [4.69, 9.17) is 42.1 Å². The predicted octanol–water partition coefficient (Wildman–Crippen LogP) is 10.8. The minimum atomic E-state index is -0.965. The second-order valence-electron chi connectivity index (χ2n) is 9.90. The second-order valence-corrected chi connectivity index (χ2v) is 10.8. The van der Waals surface area contributed by atoms with Gasteiger partial charge < -0.3 is 18.9 Å². The predicted molar refractivity (Wildman–Crippen MR) is 173 cm³/mol. The summed E-state index contributed by atoms with van der Waals surface area (Å²) in [5.41, 5.74) is 0. The van der Waals surface area contributed by atoms with Gasteiger partial charge in [0.25, 0.3) is 0 Å². The summed E-state index contributed by atoms with van der Waals surface area (Å²) in [4.78, 5) is 26.5. The Hall–Kier alpha value is -5.30. The fraction of sp³-hybridized carbons (Fsp3) is 0. The summed E-state index contributed by atoms with van der Waals surface area (Å²) in [6.07, 6.45) is -1.91. The van der Waals surface area contributed by atoms with Crippen molar-refractivity contribution in [2.45, 2.75) is 0 Å². The molecular formula is C36H20Cl2O6. The number of hydrogen-bond acceptors (Lipinski definition) is 6. The summed E-state index contributed by atoms with van der Waals surface area (Å²) in [7, 11) is 0. The first kappa shape index (κ1) is 27.5. The van der Waals surface area contributed by atoms with Crippen LogP contribution in [0.5, 0.6) is 23.0 Å². The maximum atomic E-state index is 13.2. The molecule has 0 bridgehead atoms. The third-order valence-electron chi connectivity index (χ3n) is 7.20. The van der Waals surface area contributed by atoms with E-state index in [-0.39, 0.29) is 11.5 Å². The molecule has 0 fully saturated rings. The van der Waals surface area contributed by atoms with Crippen LogP contribution in [0, 0.1) is 0 Å². The van der Waals surface area contributed by atoms with Crippen LogP contribution >= 0.6 is 23.2 Å². The number of benzene rings is 7. The lowest BCUT2D eigenvalue weighted by Gasteiger charge is -2.17. The highest BCUT2D eigenvalue weighted by Crippen LogP contribution is 2.45. The molecule has 0 aliphatic rings. The van der Waals surface area contributed by atoms with Gasteiger partial charge in [-0.2, -0.15) is 0 Å². The molecule has 8 heteroatoms. The number of carbonyl (C=O) groups is 2. The zero-order valence-electron chi connectivity index (χ0n) is 22.8. The van der Waals surface area contributed by atoms with E-state index in [1.165, 1.54) is 0 Å². The summed E-state index contributed by atoms with van der Waals surface area (Å²) >= 11 is 12.8. The first-order chi connectivity index (χ1) is 21.4. The molecule has 0 aliphatic heterocycles. The van der Waals surface area contributed by atoms with Gasteiger partial charge in [-0.1, -0.05) is 96.0 Å². The first-order valence-corrected chi connectivity index (χ1v) is 14.3. The lowest BCUT2D eigenvalue weighted by Crippen LogP contribution is -2.16. The molecule has 0 atom stereocenters. The van der Waals surface area contributed by atoms with Crippen LogP contribution in [0.15, 0.2) is 121 Å². The number of rotatable bonds is 4. The molecule has 0 amide bonds. The first-order valence-electron chi connectivity index (χ1n) is 13.5. The van der Waals surface area contributed by atoms with Crippen LogP contribution in [0.2, 0.25) is 10.0 Å². The van der Waals surface area contributed by atoms with E-state index in [1.807, 2.05) is 60.7 Å². The van der Waals surface area contributed by atoms with Gasteiger partial charge in [-0.05, 0) is 59.3 Å². The minimum Gasteiger partial charge on any atom is -0.394 e. The van der Waals surface area contributed by atoms with E-state index >= 15 is 0 Å². The number of hydrogen-bond donors (Lipinski definition) is 0. The van der Waals surface area contributed by atoms with Gasteiger partial charge in [0.05, 0.1) is 0 Å². The summed E-state index contributed by atoms with van der Waals surface area (Å²) in [5.74, 6) is 1.01. The van der Waals surface area contributed by atoms with Gasteiger partial charge >= 0.3 is 12.3 Å². The summed E-state index contributed by atoms with van der Waals surface area (Å²) < 4.78 is 23.0. The van der Waals surface area contributed by atoms with Gasteiger partial charge in [0, 0.05) is 42.4 Å². The highest BCUT2D eigenvalue weighted by atomic mass is 35.5. The Balaban J connectivity index is 1.29. The van der Waals surface area contributed by atoms with Crippen LogP contribution in [0.1, 0.15) is 0 Å². The molecule has 0 saturated heterocycles. The van der Waals surface area contributed by atoms with E-state index in [9.17, 15) is 9.59 Å². The number of halogens is 2. The lowest BCUT2D eigenvalue weighted by atomic mass is 10.0. The molecule has 0 aliphatic carbocycles. The maximum Gasteiger partial charge on any atom is 0.519 e. The van der Waals surface area contributed by atoms with Crippen molar-refractivity contribution in [1.29, 1.82) is 0 Å². The fourth-order valence-corrected chi connectivity index (χ4v) is 5.62. The zero-order chi connectivity index (χ0) is 30.2. The van der Waals surface area contributed by atoms with Crippen molar-refractivity contribution in [2.75, 3.05) is 0 Å². The van der Waals surface area contributed by atoms with Gasteiger partial charge in [-0.25, -0.2) is 9.59 Å². The fourth-order valence-electron chi connectivity index (χ4n) is 5.27. The minimum absolute atomic E-state index is 0.139. The number of fused-ring (bicyclic) bond motifs is 4. The summed E-state index contributed by atoms with van der Waals surface area (Å²) in [6, 6.07) is 35.7. The molecule has 0 saturated carbocycles. The van der Waals surface area contributed by atoms with Gasteiger partial charge in [0.15, 0.2) is 5.75 Å². The van der Waals surface area contributed by atoms with Crippen molar-refractivity contribution < 1.29 is 28.5 Å². The van der Waals surface area contributed by atoms with Crippen LogP contribution in [-0.2, 0) is 0 Å². The Kier molecular flexibility index (Phi) is 7.14. The average molecular weight is 619 g/mol. The molecule has 0 aromatic heterocycles. The number of ether oxygens (including phenoxy) is 4. The van der Waals surface area contributed by atoms with Crippen molar-refractivity contribution in [2.24, 2.45) is 0 Å². The SMILES string of the molecule is O=C(Oc1cccc2ccccc12)Oc1c2ccc(Cl)cc2c(OC(=O)Oc2cccc3ccccc23)c2cc(Cl)ccc12. The maximum absolute atomic E-state index is 13.2. The Bertz CT molecular complexity index is 2190. The smallest absolute Gasteiger partial charge is 0.394 e. The Labute approximate surface area is 260 Å². The van der Waals surface area contributed by atoms with Crippen molar-refractivity contribution in [1.82, 2.24) is 0 Å². The van der Waals surface area contributed by atoms with E-state index in [0.29, 0.717) is 43.1 Å². The topological polar surface area (TPSA) is 71.1 Å². The van der Waals surface area contributed by atoms with Gasteiger partial charge in [-0.3, -0.25) is 0 Å². The molecule has 0 radical (unpaired) electrons. The van der Waals surface area contributed by atoms with Gasteiger partial charge in [0.2, 0.25) is 0 Å². The Morgan fingerprint density at radius 1 is 0.409 bits per heavy atom. The van der Waals surface area contributed by atoms with Crippen LogP contribution in [0.25, 0.3) is 43.1 Å². The highest BCUT2D eigenvalue weighted by molar-refractivity contribution is 6.33. The van der Waals surface area contributed by atoms with E-state index in [2.05, 4.69) is 0 Å². The van der Waals surface area contributed by atoms with E-state index < -0.39 is 12.3 Å². The monoisotopic (exact) mass is 618 g/mol. The molecule has 214 valence electrons. The zero-order valence-corrected chi connectivity index (χ0v) is 24.3. The third kappa shape index (κ3) is 5.22. The molecule has 7 rings (SSSR count). The van der Waals surface area contributed by atoms with Gasteiger partial charge in [-0.15, -0.1) is 0 Å². The largest absolute Gasteiger partial charge is 0.519 e. The van der Waals surface area contributed by atoms with Crippen molar-refractivity contribution in [3.8, 4) is 23.0 Å². The molecule has 44 heavy (non-hydrogen) atoms. The molecule has 0 heterocycles. The van der Waals surface area contributed by atoms with Crippen molar-refractivity contribution in [3.05, 3.63) is 131 Å². The average Bonchev–Trinajstić information content (AvgIpc) is 3.03. The third-order valence-corrected chi connectivity index (χ3v) is 7.67. The summed E-state index contributed by atoms with van der Waals surface area (Å²) in [6.45, 7) is 0. The van der Waals surface area contributed by atoms with E-state index in [0.717, 1.165) is 21.5 Å². The van der Waals surface area contributed by atoms with Gasteiger partial charge in [0.1, 0.15) is 17.2 Å². The highest BCUT2D eigenvalue weighted by Gasteiger charge is 2.23. The molecular weight excluding hydrogens is 599 g/mol. The Morgan fingerprint density at radius 3 is 1.30 bits per heavy atom. The van der Waals surface area contributed by atoms with Crippen LogP contribution in [0.3, 0.4) is 0 Å². The molecule has 0 N–H and O–H groups in total. The molecule has 6 nitrogen and oxygen atoms in total. The Morgan fingerprint density at radius 2 is 0.818 bits per heavy atom. The van der Waals surface area contributed by atoms with E-state index in [1.54, 1.807) is 60.7 Å². The quantitative estimate of drug-likeness (QED) is 0.111. The molecule has 7 aromatic rings. The molecule has 7 aromatic carbocycles. The molecule has 0 unspecified atom stereocenters. The van der Waals surface area contributed by atoms with Crippen molar-refractivity contribution in [3.63, 3.8) is 0 Å². The van der Waals surface area contributed by atoms with Crippen molar-refractivity contribution >= 4 is 78.6 Å². The lowest BCUT2D eigenvalue weighted by molar-refractivity contribution is 0.151. The summed E-state index contributed by atoms with van der Waals surface area (Å²) in [5, 5.41) is 5.77. The number of carbonyl (C=O) groups excluding carboxylic acids is 2.